The van der Waals surface area contributed by atoms with E-state index in [2.05, 4.69) is 16.0 Å². The molecule has 1 aliphatic rings. The minimum Gasteiger partial charge on any atom is -0.506 e. The predicted molar refractivity (Wildman–Crippen MR) is 131 cm³/mol. The third-order valence-corrected chi connectivity index (χ3v) is 5.80. The number of halogens is 1. The van der Waals surface area contributed by atoms with E-state index in [4.69, 9.17) is 16.3 Å². The molecule has 3 N–H and O–H groups in total. The van der Waals surface area contributed by atoms with Crippen molar-refractivity contribution in [2.24, 2.45) is 5.10 Å². The number of hydrazine groups is 1. The van der Waals surface area contributed by atoms with Gasteiger partial charge in [-0.05, 0) is 48.6 Å². The van der Waals surface area contributed by atoms with Crippen LogP contribution >= 0.6 is 11.6 Å². The van der Waals surface area contributed by atoms with Gasteiger partial charge in [-0.25, -0.2) is 10.4 Å². The summed E-state index contributed by atoms with van der Waals surface area (Å²) < 4.78 is 5.81. The largest absolute Gasteiger partial charge is 0.506 e. The Morgan fingerprint density at radius 3 is 2.59 bits per heavy atom. The van der Waals surface area contributed by atoms with E-state index >= 15 is 0 Å². The summed E-state index contributed by atoms with van der Waals surface area (Å²) in [5.74, 6) is -0.153. The number of carbonyl (C=O) groups is 2. The van der Waals surface area contributed by atoms with Crippen molar-refractivity contribution < 1.29 is 19.4 Å². The van der Waals surface area contributed by atoms with Gasteiger partial charge in [0.1, 0.15) is 11.5 Å². The van der Waals surface area contributed by atoms with Gasteiger partial charge in [-0.2, -0.15) is 5.10 Å². The highest BCUT2D eigenvalue weighted by Crippen LogP contribution is 2.28. The number of carbonyl (C=O) groups excluding carboxylic acids is 2. The number of fused-ring (bicyclic) bond motifs is 1. The number of hydrogen-bond acceptors (Lipinski definition) is 6. The SMILES string of the molecule is O=C(COc1ccc(C=NNC(=O)c2ccc(O)c(Cl)c2)c2ccccc12)NN1CCCCC1. The molecule has 1 saturated heterocycles. The number of ether oxygens (including phenoxy) is 1. The Kier molecular flexibility index (Phi) is 7.61. The summed E-state index contributed by atoms with van der Waals surface area (Å²) in [7, 11) is 0. The standard InChI is InChI=1S/C25H25ClN4O4/c26-21-14-17(8-10-22(21)31)25(33)28-27-15-18-9-11-23(20-7-3-2-6-19(18)20)34-16-24(32)29-30-12-4-1-5-13-30/h2-3,6-11,14-15,31H,1,4-5,12-13,16H2,(H,28,33)(H,29,32). The number of phenols is 1. The van der Waals surface area contributed by atoms with E-state index in [0.717, 1.165) is 42.3 Å². The summed E-state index contributed by atoms with van der Waals surface area (Å²) in [5, 5.41) is 17.3. The van der Waals surface area contributed by atoms with Gasteiger partial charge in [0.05, 0.1) is 11.2 Å². The fraction of sp³-hybridized carbons (Fsp3) is 0.240. The van der Waals surface area contributed by atoms with Crippen LogP contribution < -0.4 is 15.6 Å². The molecule has 8 nitrogen and oxygen atoms in total. The first kappa shape index (κ1) is 23.5. The Morgan fingerprint density at radius 2 is 1.82 bits per heavy atom. The number of nitrogens with zero attached hydrogens (tertiary/aromatic N) is 2. The van der Waals surface area contributed by atoms with Gasteiger partial charge in [-0.1, -0.05) is 42.3 Å². The van der Waals surface area contributed by atoms with Gasteiger partial charge in [0.2, 0.25) is 0 Å². The lowest BCUT2D eigenvalue weighted by Gasteiger charge is -2.26. The van der Waals surface area contributed by atoms with Crippen LogP contribution in [0.1, 0.15) is 35.2 Å². The minimum absolute atomic E-state index is 0.0841. The summed E-state index contributed by atoms with van der Waals surface area (Å²) >= 11 is 5.85. The molecule has 0 saturated carbocycles. The average molecular weight is 481 g/mol. The molecule has 4 rings (SSSR count). The van der Waals surface area contributed by atoms with E-state index in [0.29, 0.717) is 5.75 Å². The van der Waals surface area contributed by atoms with E-state index in [1.54, 1.807) is 6.07 Å². The third kappa shape index (κ3) is 5.84. The molecule has 0 atom stereocenters. The molecule has 9 heteroatoms. The summed E-state index contributed by atoms with van der Waals surface area (Å²) in [5.41, 5.74) is 6.39. The van der Waals surface area contributed by atoms with Crippen LogP contribution in [0.2, 0.25) is 5.02 Å². The van der Waals surface area contributed by atoms with Crippen molar-refractivity contribution >= 4 is 40.4 Å². The summed E-state index contributed by atoms with van der Waals surface area (Å²) in [6.45, 7) is 1.64. The molecule has 176 valence electrons. The Labute approximate surface area is 202 Å². The molecule has 0 aliphatic carbocycles. The second-order valence-electron chi connectivity index (χ2n) is 7.94. The number of aromatic hydroxyl groups is 1. The molecular formula is C25H25ClN4O4. The molecule has 2 amide bonds. The molecule has 3 aromatic carbocycles. The number of phenolic OH excluding ortho intramolecular Hbond substituents is 1. The highest BCUT2D eigenvalue weighted by Gasteiger charge is 2.14. The zero-order valence-electron chi connectivity index (χ0n) is 18.5. The van der Waals surface area contributed by atoms with E-state index in [1.165, 1.54) is 30.8 Å². The summed E-state index contributed by atoms with van der Waals surface area (Å²) in [6, 6.07) is 15.4. The summed E-state index contributed by atoms with van der Waals surface area (Å²) in [4.78, 5) is 24.6. The average Bonchev–Trinajstić information content (AvgIpc) is 2.85. The second kappa shape index (κ2) is 11.0. The molecule has 0 spiro atoms. The summed E-state index contributed by atoms with van der Waals surface area (Å²) in [6.07, 6.45) is 4.89. The highest BCUT2D eigenvalue weighted by atomic mass is 35.5. The fourth-order valence-corrected chi connectivity index (χ4v) is 3.94. The minimum atomic E-state index is -0.456. The first-order chi connectivity index (χ1) is 16.5. The number of amides is 2. The molecule has 1 aliphatic heterocycles. The van der Waals surface area contributed by atoms with Gasteiger partial charge in [0, 0.05) is 29.6 Å². The number of rotatable bonds is 7. The molecule has 0 radical (unpaired) electrons. The van der Waals surface area contributed by atoms with Gasteiger partial charge in [0.25, 0.3) is 11.8 Å². The molecule has 34 heavy (non-hydrogen) atoms. The topological polar surface area (TPSA) is 103 Å². The fourth-order valence-electron chi connectivity index (χ4n) is 3.76. The number of benzene rings is 3. The van der Waals surface area contributed by atoms with Crippen LogP contribution in [0.3, 0.4) is 0 Å². The van der Waals surface area contributed by atoms with Crippen LogP contribution in [0.25, 0.3) is 10.8 Å². The zero-order valence-corrected chi connectivity index (χ0v) is 19.2. The maximum Gasteiger partial charge on any atom is 0.272 e. The smallest absolute Gasteiger partial charge is 0.272 e. The van der Waals surface area contributed by atoms with Gasteiger partial charge in [-0.15, -0.1) is 0 Å². The van der Waals surface area contributed by atoms with Crippen LogP contribution in [0.15, 0.2) is 59.7 Å². The van der Waals surface area contributed by atoms with Crippen LogP contribution in [-0.4, -0.2) is 47.8 Å². The highest BCUT2D eigenvalue weighted by molar-refractivity contribution is 6.32. The maximum atomic E-state index is 12.3. The number of nitrogens with one attached hydrogen (secondary N) is 2. The van der Waals surface area contributed by atoms with Crippen LogP contribution in [0, 0.1) is 0 Å². The van der Waals surface area contributed by atoms with Gasteiger partial charge in [-0.3, -0.25) is 15.0 Å². The van der Waals surface area contributed by atoms with E-state index in [1.807, 2.05) is 35.3 Å². The van der Waals surface area contributed by atoms with Crippen molar-refractivity contribution in [2.45, 2.75) is 19.3 Å². The molecular weight excluding hydrogens is 456 g/mol. The molecule has 0 unspecified atom stereocenters. The van der Waals surface area contributed by atoms with Crippen LogP contribution in [0.5, 0.6) is 11.5 Å². The molecule has 1 fully saturated rings. The monoisotopic (exact) mass is 480 g/mol. The maximum absolute atomic E-state index is 12.3. The van der Waals surface area contributed by atoms with Crippen LogP contribution in [0.4, 0.5) is 0 Å². The lowest BCUT2D eigenvalue weighted by Crippen LogP contribution is -2.46. The Bertz CT molecular complexity index is 1220. The number of hydrazone groups is 1. The van der Waals surface area contributed by atoms with E-state index in [9.17, 15) is 14.7 Å². The molecule has 0 aromatic heterocycles. The first-order valence-electron chi connectivity index (χ1n) is 11.0. The van der Waals surface area contributed by atoms with Crippen molar-refractivity contribution in [2.75, 3.05) is 19.7 Å². The van der Waals surface area contributed by atoms with Gasteiger partial charge >= 0.3 is 0 Å². The second-order valence-corrected chi connectivity index (χ2v) is 8.34. The molecule has 0 bridgehead atoms. The lowest BCUT2D eigenvalue weighted by molar-refractivity contribution is -0.128. The normalized spacial score (nSPS) is 14.3. The Hall–Kier alpha value is -3.62. The van der Waals surface area contributed by atoms with Crippen molar-refractivity contribution in [3.63, 3.8) is 0 Å². The predicted octanol–water partition coefficient (Wildman–Crippen LogP) is 3.86. The third-order valence-electron chi connectivity index (χ3n) is 5.50. The number of hydrogen-bond donors (Lipinski definition) is 3. The lowest BCUT2D eigenvalue weighted by atomic mass is 10.0. The first-order valence-corrected chi connectivity index (χ1v) is 11.4. The van der Waals surface area contributed by atoms with Crippen molar-refractivity contribution in [3.8, 4) is 11.5 Å². The van der Waals surface area contributed by atoms with E-state index < -0.39 is 5.91 Å². The molecule has 1 heterocycles. The Morgan fingerprint density at radius 1 is 1.06 bits per heavy atom. The quantitative estimate of drug-likeness (QED) is 0.352. The Balaban J connectivity index is 1.42. The van der Waals surface area contributed by atoms with Gasteiger partial charge < -0.3 is 9.84 Å². The van der Waals surface area contributed by atoms with Crippen molar-refractivity contribution in [3.05, 3.63) is 70.7 Å². The number of piperidine rings is 1. The molecule has 3 aromatic rings. The zero-order chi connectivity index (χ0) is 23.9. The van der Waals surface area contributed by atoms with E-state index in [-0.39, 0.29) is 28.8 Å². The van der Waals surface area contributed by atoms with Gasteiger partial charge in [0.15, 0.2) is 6.61 Å². The van der Waals surface area contributed by atoms with Crippen molar-refractivity contribution in [1.82, 2.24) is 15.9 Å². The van der Waals surface area contributed by atoms with Crippen LogP contribution in [-0.2, 0) is 4.79 Å². The van der Waals surface area contributed by atoms with Crippen molar-refractivity contribution in [1.29, 1.82) is 0 Å².